The first-order chi connectivity index (χ1) is 10.5. The lowest BCUT2D eigenvalue weighted by Gasteiger charge is -2.22. The number of rotatable bonds is 6. The summed E-state index contributed by atoms with van der Waals surface area (Å²) in [5.74, 6) is 0.262. The van der Waals surface area contributed by atoms with Crippen molar-refractivity contribution < 1.29 is 13.2 Å². The van der Waals surface area contributed by atoms with Crippen molar-refractivity contribution >= 4 is 15.9 Å². The zero-order valence-corrected chi connectivity index (χ0v) is 13.7. The number of pyridine rings is 1. The van der Waals surface area contributed by atoms with Gasteiger partial charge < -0.3 is 5.32 Å². The van der Waals surface area contributed by atoms with Crippen LogP contribution in [0.4, 0.5) is 0 Å². The topological polar surface area (TPSA) is 79.4 Å². The number of carbonyl (C=O) groups excluding carboxylic acids is 1. The molecule has 0 atom stereocenters. The molecule has 1 amide bonds. The molecule has 0 saturated heterocycles. The van der Waals surface area contributed by atoms with E-state index < -0.39 is 10.0 Å². The number of amides is 1. The lowest BCUT2D eigenvalue weighted by molar-refractivity contribution is -0.121. The predicted octanol–water partition coefficient (Wildman–Crippen LogP) is 1.40. The van der Waals surface area contributed by atoms with Crippen molar-refractivity contribution in [3.8, 4) is 0 Å². The Kier molecular flexibility index (Phi) is 5.90. The SMILES string of the molecule is CN(CC(=O)NCC1CCCCC1)S(=O)(=O)c1cccnc1. The predicted molar refractivity (Wildman–Crippen MR) is 83.6 cm³/mol. The number of nitrogens with zero attached hydrogens (tertiary/aromatic N) is 2. The van der Waals surface area contributed by atoms with Crippen LogP contribution in [0.5, 0.6) is 0 Å². The van der Waals surface area contributed by atoms with Crippen LogP contribution in [0.3, 0.4) is 0 Å². The Hall–Kier alpha value is -1.47. The average molecular weight is 325 g/mol. The first-order valence-corrected chi connectivity index (χ1v) is 9.07. The van der Waals surface area contributed by atoms with Crippen LogP contribution < -0.4 is 5.32 Å². The molecule has 1 heterocycles. The third-order valence-corrected chi connectivity index (χ3v) is 5.81. The molecule has 0 unspecified atom stereocenters. The van der Waals surface area contributed by atoms with Crippen LogP contribution in [0.15, 0.2) is 29.4 Å². The maximum absolute atomic E-state index is 12.3. The van der Waals surface area contributed by atoms with Gasteiger partial charge in [0.1, 0.15) is 4.90 Å². The van der Waals surface area contributed by atoms with Gasteiger partial charge in [-0.25, -0.2) is 8.42 Å². The fraction of sp³-hybridized carbons (Fsp3) is 0.600. The third kappa shape index (κ3) is 4.51. The summed E-state index contributed by atoms with van der Waals surface area (Å²) in [5.41, 5.74) is 0. The normalized spacial score (nSPS) is 16.6. The molecule has 1 aromatic heterocycles. The van der Waals surface area contributed by atoms with E-state index in [2.05, 4.69) is 10.3 Å². The van der Waals surface area contributed by atoms with Gasteiger partial charge in [-0.05, 0) is 30.9 Å². The zero-order valence-electron chi connectivity index (χ0n) is 12.9. The van der Waals surface area contributed by atoms with Crippen molar-refractivity contribution in [3.63, 3.8) is 0 Å². The maximum Gasteiger partial charge on any atom is 0.244 e. The van der Waals surface area contributed by atoms with E-state index in [1.54, 1.807) is 6.07 Å². The van der Waals surface area contributed by atoms with E-state index in [1.165, 1.54) is 44.8 Å². The van der Waals surface area contributed by atoms with Crippen LogP contribution in [0.1, 0.15) is 32.1 Å². The molecule has 0 radical (unpaired) electrons. The van der Waals surface area contributed by atoms with Gasteiger partial charge in [-0.3, -0.25) is 9.78 Å². The van der Waals surface area contributed by atoms with E-state index in [-0.39, 0.29) is 17.3 Å². The average Bonchev–Trinajstić information content (AvgIpc) is 2.54. The Morgan fingerprint density at radius 1 is 1.36 bits per heavy atom. The van der Waals surface area contributed by atoms with E-state index in [9.17, 15) is 13.2 Å². The number of hydrogen-bond donors (Lipinski definition) is 1. The zero-order chi connectivity index (χ0) is 16.0. The summed E-state index contributed by atoms with van der Waals surface area (Å²) < 4.78 is 25.6. The summed E-state index contributed by atoms with van der Waals surface area (Å²) in [7, 11) is -2.26. The lowest BCUT2D eigenvalue weighted by Crippen LogP contribution is -2.40. The highest BCUT2D eigenvalue weighted by Gasteiger charge is 2.23. The minimum absolute atomic E-state index is 0.0950. The van der Waals surface area contributed by atoms with Gasteiger partial charge in [0.25, 0.3) is 0 Å². The molecule has 0 aromatic carbocycles. The largest absolute Gasteiger partial charge is 0.355 e. The van der Waals surface area contributed by atoms with Crippen LogP contribution in [-0.2, 0) is 14.8 Å². The minimum atomic E-state index is -3.67. The minimum Gasteiger partial charge on any atom is -0.355 e. The van der Waals surface area contributed by atoms with Crippen LogP contribution in [0.25, 0.3) is 0 Å². The molecule has 7 heteroatoms. The highest BCUT2D eigenvalue weighted by Crippen LogP contribution is 2.22. The number of aromatic nitrogens is 1. The number of hydrogen-bond acceptors (Lipinski definition) is 4. The van der Waals surface area contributed by atoms with E-state index >= 15 is 0 Å². The molecular formula is C15H23N3O3S. The van der Waals surface area contributed by atoms with E-state index in [0.717, 1.165) is 17.1 Å². The highest BCUT2D eigenvalue weighted by atomic mass is 32.2. The van der Waals surface area contributed by atoms with Crippen molar-refractivity contribution in [2.45, 2.75) is 37.0 Å². The molecule has 6 nitrogen and oxygen atoms in total. The molecule has 122 valence electrons. The molecule has 0 bridgehead atoms. The summed E-state index contributed by atoms with van der Waals surface area (Å²) in [5, 5.41) is 2.85. The first kappa shape index (κ1) is 16.9. The fourth-order valence-corrected chi connectivity index (χ4v) is 3.76. The lowest BCUT2D eigenvalue weighted by atomic mass is 9.89. The van der Waals surface area contributed by atoms with Crippen LogP contribution >= 0.6 is 0 Å². The molecular weight excluding hydrogens is 302 g/mol. The Balaban J connectivity index is 1.85. The Morgan fingerprint density at radius 2 is 2.09 bits per heavy atom. The molecule has 1 aliphatic rings. The van der Waals surface area contributed by atoms with Gasteiger partial charge in [-0.15, -0.1) is 0 Å². The van der Waals surface area contributed by atoms with Crippen LogP contribution in [-0.4, -0.2) is 43.8 Å². The van der Waals surface area contributed by atoms with Gasteiger partial charge in [0.05, 0.1) is 6.54 Å². The quantitative estimate of drug-likeness (QED) is 0.857. The van der Waals surface area contributed by atoms with E-state index in [4.69, 9.17) is 0 Å². The maximum atomic E-state index is 12.3. The Bertz CT molecular complexity index is 583. The molecule has 1 aromatic rings. The van der Waals surface area contributed by atoms with Crippen molar-refractivity contribution in [2.75, 3.05) is 20.1 Å². The Labute approximate surface area is 132 Å². The summed E-state index contributed by atoms with van der Waals surface area (Å²) in [6.07, 6.45) is 8.79. The second-order valence-electron chi connectivity index (χ2n) is 5.76. The first-order valence-electron chi connectivity index (χ1n) is 7.63. The molecule has 0 aliphatic heterocycles. The fourth-order valence-electron chi connectivity index (χ4n) is 2.67. The summed E-state index contributed by atoms with van der Waals surface area (Å²) in [6.45, 7) is 0.462. The van der Waals surface area contributed by atoms with Gasteiger partial charge in [0.2, 0.25) is 15.9 Å². The summed E-state index contributed by atoms with van der Waals surface area (Å²) in [6, 6.07) is 3.03. The number of carbonyl (C=O) groups is 1. The van der Waals surface area contributed by atoms with E-state index in [0.29, 0.717) is 12.5 Å². The van der Waals surface area contributed by atoms with Gasteiger partial charge >= 0.3 is 0 Å². The third-order valence-electron chi connectivity index (χ3n) is 4.02. The second-order valence-corrected chi connectivity index (χ2v) is 7.80. The Morgan fingerprint density at radius 3 is 2.73 bits per heavy atom. The van der Waals surface area contributed by atoms with Gasteiger partial charge in [-0.1, -0.05) is 19.3 Å². The molecule has 1 N–H and O–H groups in total. The van der Waals surface area contributed by atoms with Gasteiger partial charge in [-0.2, -0.15) is 4.31 Å². The number of sulfonamides is 1. The van der Waals surface area contributed by atoms with Crippen molar-refractivity contribution in [1.82, 2.24) is 14.6 Å². The summed E-state index contributed by atoms with van der Waals surface area (Å²) >= 11 is 0. The molecule has 1 saturated carbocycles. The van der Waals surface area contributed by atoms with Crippen molar-refractivity contribution in [2.24, 2.45) is 5.92 Å². The van der Waals surface area contributed by atoms with Gasteiger partial charge in [0, 0.05) is 26.0 Å². The molecule has 0 spiro atoms. The number of nitrogens with one attached hydrogen (secondary N) is 1. The van der Waals surface area contributed by atoms with Gasteiger partial charge in [0.15, 0.2) is 0 Å². The second kappa shape index (κ2) is 7.69. The standard InChI is InChI=1S/C15H23N3O3S/c1-18(22(20,21)14-8-5-9-16-11-14)12-15(19)17-10-13-6-3-2-4-7-13/h5,8-9,11,13H,2-4,6-7,10,12H2,1H3,(H,17,19). The summed E-state index contributed by atoms with van der Waals surface area (Å²) in [4.78, 5) is 15.8. The molecule has 1 fully saturated rings. The molecule has 22 heavy (non-hydrogen) atoms. The smallest absolute Gasteiger partial charge is 0.244 e. The van der Waals surface area contributed by atoms with Crippen molar-refractivity contribution in [3.05, 3.63) is 24.5 Å². The highest BCUT2D eigenvalue weighted by molar-refractivity contribution is 7.89. The number of likely N-dealkylation sites (N-methyl/N-ethyl adjacent to an activating group) is 1. The van der Waals surface area contributed by atoms with Crippen molar-refractivity contribution in [1.29, 1.82) is 0 Å². The van der Waals surface area contributed by atoms with Crippen LogP contribution in [0, 0.1) is 5.92 Å². The molecule has 2 rings (SSSR count). The monoisotopic (exact) mass is 325 g/mol. The molecule has 1 aliphatic carbocycles. The van der Waals surface area contributed by atoms with Crippen LogP contribution in [0.2, 0.25) is 0 Å². The van der Waals surface area contributed by atoms with E-state index in [1.807, 2.05) is 0 Å².